The highest BCUT2D eigenvalue weighted by Gasteiger charge is 2.44. The van der Waals surface area contributed by atoms with E-state index in [0.717, 1.165) is 33.3 Å². The fourth-order valence-electron chi connectivity index (χ4n) is 5.36. The van der Waals surface area contributed by atoms with Crippen LogP contribution in [0.25, 0.3) is 10.9 Å². The van der Waals surface area contributed by atoms with E-state index in [0.29, 0.717) is 32.0 Å². The van der Waals surface area contributed by atoms with Gasteiger partial charge in [0.2, 0.25) is 5.91 Å². The predicted octanol–water partition coefficient (Wildman–Crippen LogP) is 4.46. The van der Waals surface area contributed by atoms with Gasteiger partial charge in [0.25, 0.3) is 0 Å². The fraction of sp³-hybridized carbons (Fsp3) is 0.207. The van der Waals surface area contributed by atoms with E-state index >= 15 is 0 Å². The Bertz CT molecular complexity index is 1540. The minimum atomic E-state index is -0.972. The second-order valence-electron chi connectivity index (χ2n) is 9.51. The number of rotatable bonds is 6. The van der Waals surface area contributed by atoms with E-state index < -0.39 is 11.9 Å². The first-order valence-electron chi connectivity index (χ1n) is 12.1. The summed E-state index contributed by atoms with van der Waals surface area (Å²) in [7, 11) is 1.53. The molecule has 1 N–H and O–H groups in total. The molecule has 2 aliphatic rings. The number of fused-ring (bicyclic) bond motifs is 6. The van der Waals surface area contributed by atoms with Crippen LogP contribution >= 0.6 is 0 Å². The highest BCUT2D eigenvalue weighted by atomic mass is 16.5. The van der Waals surface area contributed by atoms with E-state index in [-0.39, 0.29) is 17.5 Å². The van der Waals surface area contributed by atoms with Crippen molar-refractivity contribution in [1.29, 1.82) is 0 Å². The van der Waals surface area contributed by atoms with Crippen LogP contribution in [0.5, 0.6) is 5.75 Å². The third-order valence-electron chi connectivity index (χ3n) is 7.25. The molecule has 2 bridgehead atoms. The van der Waals surface area contributed by atoms with E-state index in [1.807, 2.05) is 48.5 Å². The van der Waals surface area contributed by atoms with E-state index in [1.165, 1.54) is 11.9 Å². The maximum Gasteiger partial charge on any atom is 0.335 e. The zero-order chi connectivity index (χ0) is 25.7. The van der Waals surface area contributed by atoms with Crippen LogP contribution in [0.1, 0.15) is 38.7 Å². The molecule has 1 saturated heterocycles. The number of nitrogens with zero attached hydrogens (tertiary/aromatic N) is 3. The highest BCUT2D eigenvalue weighted by molar-refractivity contribution is 6.04. The lowest BCUT2D eigenvalue weighted by Crippen LogP contribution is -2.56. The summed E-state index contributed by atoms with van der Waals surface area (Å²) in [6.07, 6.45) is 0. The Hall–Kier alpha value is -4.59. The van der Waals surface area contributed by atoms with E-state index in [9.17, 15) is 19.5 Å². The fourth-order valence-corrected chi connectivity index (χ4v) is 5.36. The number of likely N-dealkylation sites (N-methyl/N-ethyl adjacent to an activating group) is 1. The molecule has 1 atom stereocenters. The number of ether oxygens (including phenoxy) is 1. The minimum absolute atomic E-state index is 0.206. The molecule has 186 valence electrons. The molecule has 0 spiro atoms. The summed E-state index contributed by atoms with van der Waals surface area (Å²) in [4.78, 5) is 40.2. The third kappa shape index (κ3) is 3.91. The van der Waals surface area contributed by atoms with Crippen LogP contribution in [0.15, 0.2) is 72.8 Å². The Kier molecular flexibility index (Phi) is 5.44. The second kappa shape index (κ2) is 8.81. The standard InChI is InChI=1S/C29H25N3O5/c1-30-27(33)23-15-31(29(30)36)16-25-26(23)22-13-21(37-17-19-5-3-2-4-6-19)11-12-24(22)32(25)14-18-7-9-20(10-8-18)28(34)35/h2-13,23H,14-17H2,1H3,(H,34,35)/t23-/m0/s1. The number of hydrogen-bond donors (Lipinski definition) is 1. The quantitative estimate of drug-likeness (QED) is 0.427. The average molecular weight is 496 g/mol. The number of carbonyl (C=O) groups excluding carboxylic acids is 2. The van der Waals surface area contributed by atoms with Crippen molar-refractivity contribution in [2.45, 2.75) is 25.6 Å². The smallest absolute Gasteiger partial charge is 0.335 e. The van der Waals surface area contributed by atoms with Gasteiger partial charge < -0.3 is 19.3 Å². The maximum absolute atomic E-state index is 13.2. The largest absolute Gasteiger partial charge is 0.489 e. The van der Waals surface area contributed by atoms with Gasteiger partial charge in [-0.05, 0) is 47.0 Å². The topological polar surface area (TPSA) is 92.1 Å². The number of carboxylic acid groups (broad SMARTS) is 1. The monoisotopic (exact) mass is 495 g/mol. The second-order valence-corrected chi connectivity index (χ2v) is 9.51. The molecule has 3 amide bonds. The van der Waals surface area contributed by atoms with Gasteiger partial charge in [0.1, 0.15) is 12.4 Å². The molecule has 0 unspecified atom stereocenters. The maximum atomic E-state index is 13.2. The van der Waals surface area contributed by atoms with Crippen molar-refractivity contribution >= 4 is 28.8 Å². The number of aromatic nitrogens is 1. The van der Waals surface area contributed by atoms with Crippen LogP contribution in [-0.2, 0) is 24.5 Å². The number of aromatic carboxylic acids is 1. The summed E-state index contributed by atoms with van der Waals surface area (Å²) in [5.41, 5.74) is 5.01. The Morgan fingerprint density at radius 2 is 1.76 bits per heavy atom. The van der Waals surface area contributed by atoms with Crippen molar-refractivity contribution in [2.24, 2.45) is 0 Å². The molecule has 37 heavy (non-hydrogen) atoms. The van der Waals surface area contributed by atoms with Gasteiger partial charge in [-0.3, -0.25) is 9.69 Å². The lowest BCUT2D eigenvalue weighted by molar-refractivity contribution is -0.132. The SMILES string of the molecule is CN1C(=O)[C@H]2CN(Cc3c2c2cc(OCc4ccccc4)ccc2n3Cc2ccc(C(=O)O)cc2)C1=O. The normalized spacial score (nSPS) is 16.7. The number of amides is 3. The summed E-state index contributed by atoms with van der Waals surface area (Å²) in [6, 6.07) is 22.3. The minimum Gasteiger partial charge on any atom is -0.489 e. The van der Waals surface area contributed by atoms with Crippen LogP contribution in [0.2, 0.25) is 0 Å². The molecule has 1 fully saturated rings. The lowest BCUT2D eigenvalue weighted by atomic mass is 9.89. The molecule has 0 aliphatic carbocycles. The van der Waals surface area contributed by atoms with E-state index in [1.54, 1.807) is 29.2 Å². The number of carbonyl (C=O) groups is 3. The van der Waals surface area contributed by atoms with Crippen molar-refractivity contribution in [2.75, 3.05) is 13.6 Å². The molecule has 8 heteroatoms. The summed E-state index contributed by atoms with van der Waals surface area (Å²) in [6.45, 7) is 1.66. The summed E-state index contributed by atoms with van der Waals surface area (Å²) in [5, 5.41) is 10.2. The van der Waals surface area contributed by atoms with Gasteiger partial charge in [0, 0.05) is 36.7 Å². The zero-order valence-electron chi connectivity index (χ0n) is 20.3. The van der Waals surface area contributed by atoms with Gasteiger partial charge in [-0.15, -0.1) is 0 Å². The molecule has 6 rings (SSSR count). The molecule has 2 aliphatic heterocycles. The van der Waals surface area contributed by atoms with Gasteiger partial charge in [-0.1, -0.05) is 42.5 Å². The van der Waals surface area contributed by atoms with E-state index in [2.05, 4.69) is 4.57 Å². The van der Waals surface area contributed by atoms with Crippen molar-refractivity contribution in [1.82, 2.24) is 14.4 Å². The number of carboxylic acids is 1. The Morgan fingerprint density at radius 3 is 2.49 bits per heavy atom. The molecular weight excluding hydrogens is 470 g/mol. The molecule has 0 saturated carbocycles. The third-order valence-corrected chi connectivity index (χ3v) is 7.25. The Labute approximate surface area is 213 Å². The van der Waals surface area contributed by atoms with Crippen LogP contribution in [0.3, 0.4) is 0 Å². The van der Waals surface area contributed by atoms with Crippen molar-refractivity contribution in [3.05, 3.63) is 101 Å². The Balaban J connectivity index is 1.44. The van der Waals surface area contributed by atoms with Gasteiger partial charge in [0.05, 0.1) is 18.0 Å². The van der Waals surface area contributed by atoms with Gasteiger partial charge in [-0.2, -0.15) is 0 Å². The zero-order valence-corrected chi connectivity index (χ0v) is 20.3. The van der Waals surface area contributed by atoms with Crippen molar-refractivity contribution < 1.29 is 24.2 Å². The number of urea groups is 1. The first kappa shape index (κ1) is 22.8. The van der Waals surface area contributed by atoms with Crippen LogP contribution in [-0.4, -0.2) is 51.0 Å². The van der Waals surface area contributed by atoms with Crippen LogP contribution in [0.4, 0.5) is 4.79 Å². The molecule has 8 nitrogen and oxygen atoms in total. The van der Waals surface area contributed by atoms with Gasteiger partial charge >= 0.3 is 12.0 Å². The molecule has 3 heterocycles. The number of hydrogen-bond acceptors (Lipinski definition) is 4. The Morgan fingerprint density at radius 1 is 1.00 bits per heavy atom. The highest BCUT2D eigenvalue weighted by Crippen LogP contribution is 2.41. The van der Waals surface area contributed by atoms with Crippen LogP contribution < -0.4 is 4.74 Å². The first-order chi connectivity index (χ1) is 17.9. The van der Waals surface area contributed by atoms with Gasteiger partial charge in [0.15, 0.2) is 0 Å². The lowest BCUT2D eigenvalue weighted by Gasteiger charge is -2.41. The van der Waals surface area contributed by atoms with E-state index in [4.69, 9.17) is 4.74 Å². The molecular formula is C29H25N3O5. The van der Waals surface area contributed by atoms with Crippen molar-refractivity contribution in [3.63, 3.8) is 0 Å². The van der Waals surface area contributed by atoms with Crippen molar-refractivity contribution in [3.8, 4) is 5.75 Å². The molecule has 1 aromatic heterocycles. The van der Waals surface area contributed by atoms with Gasteiger partial charge in [-0.25, -0.2) is 9.59 Å². The molecule has 3 aromatic carbocycles. The number of imide groups is 1. The van der Waals surface area contributed by atoms with Crippen LogP contribution in [0, 0.1) is 0 Å². The summed E-state index contributed by atoms with van der Waals surface area (Å²) in [5.74, 6) is -0.922. The number of benzene rings is 3. The predicted molar refractivity (Wildman–Crippen MR) is 137 cm³/mol. The molecule has 4 aromatic rings. The average Bonchev–Trinajstić information content (AvgIpc) is 3.22. The summed E-state index contributed by atoms with van der Waals surface area (Å²) < 4.78 is 8.23. The first-order valence-corrected chi connectivity index (χ1v) is 12.1. The summed E-state index contributed by atoms with van der Waals surface area (Å²) >= 11 is 0. The molecule has 0 radical (unpaired) electrons.